The van der Waals surface area contributed by atoms with Crippen molar-refractivity contribution in [3.8, 4) is 11.5 Å². The number of methoxy groups -OCH3 is 1. The van der Waals surface area contributed by atoms with Crippen molar-refractivity contribution in [1.29, 1.82) is 0 Å². The van der Waals surface area contributed by atoms with E-state index in [0.717, 1.165) is 12.0 Å². The molecule has 1 heterocycles. The number of benzene rings is 1. The van der Waals surface area contributed by atoms with Crippen LogP contribution in [0, 0.1) is 5.41 Å². The first kappa shape index (κ1) is 23.4. The van der Waals surface area contributed by atoms with Gasteiger partial charge in [0.25, 0.3) is 0 Å². The third kappa shape index (κ3) is 6.77. The van der Waals surface area contributed by atoms with Crippen LogP contribution in [0.5, 0.6) is 11.5 Å². The average molecular weight is 411 g/mol. The van der Waals surface area contributed by atoms with Crippen molar-refractivity contribution in [2.75, 3.05) is 33.4 Å². The summed E-state index contributed by atoms with van der Waals surface area (Å²) >= 11 is 0. The number of hydrogen-bond donors (Lipinski definition) is 1. The van der Waals surface area contributed by atoms with Crippen LogP contribution in [0.4, 0.5) is 13.2 Å². The van der Waals surface area contributed by atoms with Crippen molar-refractivity contribution in [2.45, 2.75) is 32.4 Å². The lowest BCUT2D eigenvalue weighted by Crippen LogP contribution is -2.34. The first-order valence-electron chi connectivity index (χ1n) is 8.50. The normalized spacial score (nSPS) is 19.6. The molecule has 0 aliphatic carbocycles. The zero-order valence-electron chi connectivity index (χ0n) is 15.5. The molecule has 27 heavy (non-hydrogen) atoms. The summed E-state index contributed by atoms with van der Waals surface area (Å²) in [5.41, 5.74) is 6.54. The lowest BCUT2D eigenvalue weighted by Gasteiger charge is -2.22. The van der Waals surface area contributed by atoms with Crippen LogP contribution in [0.1, 0.15) is 25.3 Å². The Balaban J connectivity index is 0.00000364. The summed E-state index contributed by atoms with van der Waals surface area (Å²) in [6.45, 7) is 2.62. The summed E-state index contributed by atoms with van der Waals surface area (Å²) in [5.74, 6) is 0.299. The van der Waals surface area contributed by atoms with Gasteiger partial charge >= 0.3 is 6.18 Å². The molecule has 0 aromatic heterocycles. The molecule has 9 heteroatoms. The molecule has 1 saturated heterocycles. The Morgan fingerprint density at radius 1 is 1.33 bits per heavy atom. The third-order valence-electron chi connectivity index (χ3n) is 4.65. The molecule has 1 aliphatic heterocycles. The number of likely N-dealkylation sites (tertiary alicyclic amines) is 1. The zero-order chi connectivity index (χ0) is 19.4. The lowest BCUT2D eigenvalue weighted by molar-refractivity contribution is -0.153. The Labute approximate surface area is 163 Å². The van der Waals surface area contributed by atoms with E-state index in [1.807, 2.05) is 4.90 Å². The van der Waals surface area contributed by atoms with E-state index in [-0.39, 0.29) is 35.2 Å². The third-order valence-corrected chi connectivity index (χ3v) is 4.65. The second-order valence-corrected chi connectivity index (χ2v) is 6.97. The number of ether oxygens (including phenoxy) is 2. The van der Waals surface area contributed by atoms with Crippen molar-refractivity contribution in [1.82, 2.24) is 4.90 Å². The molecule has 1 atom stereocenters. The van der Waals surface area contributed by atoms with Gasteiger partial charge in [0.2, 0.25) is 5.91 Å². The van der Waals surface area contributed by atoms with Gasteiger partial charge in [0.15, 0.2) is 18.1 Å². The standard InChI is InChI=1S/C18H25F3N2O3.ClH/c1-17(10-22)7-8-23(11-17)16(24)6-4-13-3-5-14(15(9-13)25-2)26-12-18(19,20)21;/h3,5,9H,4,6-8,10-12,22H2,1-2H3;1H. The molecule has 1 aromatic rings. The van der Waals surface area contributed by atoms with Gasteiger partial charge in [-0.05, 0) is 42.5 Å². The summed E-state index contributed by atoms with van der Waals surface area (Å²) < 4.78 is 46.7. The first-order valence-corrected chi connectivity index (χ1v) is 8.50. The number of nitrogens with two attached hydrogens (primary N) is 1. The van der Waals surface area contributed by atoms with E-state index in [1.165, 1.54) is 13.2 Å². The van der Waals surface area contributed by atoms with Gasteiger partial charge in [0.05, 0.1) is 7.11 Å². The van der Waals surface area contributed by atoms with Crippen molar-refractivity contribution < 1.29 is 27.4 Å². The predicted molar refractivity (Wildman–Crippen MR) is 98.5 cm³/mol. The Morgan fingerprint density at radius 2 is 2.04 bits per heavy atom. The number of nitrogens with zero attached hydrogens (tertiary/aromatic N) is 1. The molecule has 2 N–H and O–H groups in total. The summed E-state index contributed by atoms with van der Waals surface area (Å²) in [5, 5.41) is 0. The van der Waals surface area contributed by atoms with E-state index in [1.54, 1.807) is 12.1 Å². The van der Waals surface area contributed by atoms with Gasteiger partial charge in [-0.25, -0.2) is 0 Å². The maximum Gasteiger partial charge on any atom is 0.422 e. The predicted octanol–water partition coefficient (Wildman–Crippen LogP) is 3.19. The fourth-order valence-electron chi connectivity index (χ4n) is 2.96. The van der Waals surface area contributed by atoms with Crippen LogP contribution in [0.25, 0.3) is 0 Å². The second kappa shape index (κ2) is 9.50. The molecule has 0 radical (unpaired) electrons. The van der Waals surface area contributed by atoms with Crippen LogP contribution >= 0.6 is 12.4 Å². The summed E-state index contributed by atoms with van der Waals surface area (Å²) in [7, 11) is 1.36. The SMILES string of the molecule is COc1cc(CCC(=O)N2CCC(C)(CN)C2)ccc1OCC(F)(F)F.Cl. The smallest absolute Gasteiger partial charge is 0.422 e. The molecule has 1 aromatic carbocycles. The first-order chi connectivity index (χ1) is 12.2. The van der Waals surface area contributed by atoms with Crippen molar-refractivity contribution in [3.05, 3.63) is 23.8 Å². The minimum Gasteiger partial charge on any atom is -0.493 e. The van der Waals surface area contributed by atoms with Gasteiger partial charge in [-0.3, -0.25) is 4.79 Å². The molecular formula is C18H26ClF3N2O3. The molecule has 154 valence electrons. The van der Waals surface area contributed by atoms with Crippen molar-refractivity contribution >= 4 is 18.3 Å². The van der Waals surface area contributed by atoms with Gasteiger partial charge in [-0.1, -0.05) is 13.0 Å². The van der Waals surface area contributed by atoms with Gasteiger partial charge in [0.1, 0.15) is 0 Å². The van der Waals surface area contributed by atoms with Gasteiger partial charge < -0.3 is 20.1 Å². The Kier molecular flexibility index (Phi) is 8.23. The number of amides is 1. The van der Waals surface area contributed by atoms with E-state index in [4.69, 9.17) is 15.2 Å². The molecule has 1 amide bonds. The number of carbonyl (C=O) groups is 1. The van der Waals surface area contributed by atoms with Crippen molar-refractivity contribution in [2.24, 2.45) is 11.1 Å². The van der Waals surface area contributed by atoms with Gasteiger partial charge in [-0.2, -0.15) is 13.2 Å². The summed E-state index contributed by atoms with van der Waals surface area (Å²) in [6, 6.07) is 4.69. The Morgan fingerprint density at radius 3 is 2.59 bits per heavy atom. The fraction of sp³-hybridized carbons (Fsp3) is 0.611. The molecule has 2 rings (SSSR count). The topological polar surface area (TPSA) is 64.8 Å². The molecule has 0 saturated carbocycles. The van der Waals surface area contributed by atoms with Crippen LogP contribution in [0.3, 0.4) is 0 Å². The van der Waals surface area contributed by atoms with E-state index < -0.39 is 12.8 Å². The molecule has 5 nitrogen and oxygen atoms in total. The summed E-state index contributed by atoms with van der Waals surface area (Å²) in [4.78, 5) is 14.2. The number of alkyl halides is 3. The van der Waals surface area contributed by atoms with Crippen LogP contribution in [0.15, 0.2) is 18.2 Å². The maximum atomic E-state index is 12.4. The number of carbonyl (C=O) groups excluding carboxylic acids is 1. The number of hydrogen-bond acceptors (Lipinski definition) is 4. The molecule has 1 aliphatic rings. The minimum atomic E-state index is -4.41. The van der Waals surface area contributed by atoms with Crippen LogP contribution in [0.2, 0.25) is 0 Å². The molecule has 1 unspecified atom stereocenters. The molecule has 1 fully saturated rings. The van der Waals surface area contributed by atoms with Gasteiger partial charge in [-0.15, -0.1) is 12.4 Å². The number of halogens is 4. The zero-order valence-corrected chi connectivity index (χ0v) is 16.3. The Bertz CT molecular complexity index is 643. The van der Waals surface area contributed by atoms with Crippen molar-refractivity contribution in [3.63, 3.8) is 0 Å². The lowest BCUT2D eigenvalue weighted by atomic mass is 9.90. The number of rotatable bonds is 7. The highest BCUT2D eigenvalue weighted by Gasteiger charge is 2.34. The minimum absolute atomic E-state index is 0. The highest BCUT2D eigenvalue weighted by atomic mass is 35.5. The highest BCUT2D eigenvalue weighted by Crippen LogP contribution is 2.31. The monoisotopic (exact) mass is 410 g/mol. The van der Waals surface area contributed by atoms with Crippen LogP contribution in [-0.4, -0.2) is 50.3 Å². The average Bonchev–Trinajstić information content (AvgIpc) is 3.00. The van der Waals surface area contributed by atoms with Crippen LogP contribution < -0.4 is 15.2 Å². The van der Waals surface area contributed by atoms with E-state index >= 15 is 0 Å². The van der Waals surface area contributed by atoms with Gasteiger partial charge in [0, 0.05) is 19.5 Å². The molecule has 0 bridgehead atoms. The summed E-state index contributed by atoms with van der Waals surface area (Å²) in [6.07, 6.45) is -2.71. The van der Waals surface area contributed by atoms with E-state index in [0.29, 0.717) is 32.5 Å². The largest absolute Gasteiger partial charge is 0.493 e. The Hall–Kier alpha value is -1.67. The fourth-order valence-corrected chi connectivity index (χ4v) is 2.96. The second-order valence-electron chi connectivity index (χ2n) is 6.97. The van der Waals surface area contributed by atoms with E-state index in [9.17, 15) is 18.0 Å². The quantitative estimate of drug-likeness (QED) is 0.749. The molecular weight excluding hydrogens is 385 g/mol. The highest BCUT2D eigenvalue weighted by molar-refractivity contribution is 5.85. The maximum absolute atomic E-state index is 12.4. The van der Waals surface area contributed by atoms with E-state index in [2.05, 4.69) is 6.92 Å². The number of aryl methyl sites for hydroxylation is 1. The molecule has 0 spiro atoms. The van der Waals surface area contributed by atoms with Crippen LogP contribution in [-0.2, 0) is 11.2 Å².